The Morgan fingerprint density at radius 2 is 1.28 bits per heavy atom. The molecule has 0 spiro atoms. The number of hydrogen-bond acceptors (Lipinski definition) is 1. The Morgan fingerprint density at radius 1 is 0.722 bits per heavy atom. The second kappa shape index (κ2) is 11.8. The number of aryl methyl sites for hydroxylation is 3. The van der Waals surface area contributed by atoms with Gasteiger partial charge < -0.3 is 4.74 Å². The zero-order chi connectivity index (χ0) is 25.5. The van der Waals surface area contributed by atoms with E-state index in [1.807, 2.05) is 43.3 Å². The SMILES string of the molecule is C=CCCCOc1ccc(CCc2ccc(-c3ccc(-c4ccc(C)cc4)c(F)c3F)cc2)cc1F. The Bertz CT molecular complexity index is 1330. The minimum atomic E-state index is -0.858. The number of hydrogen-bond donors (Lipinski definition) is 0. The molecule has 4 heteroatoms. The second-order valence-electron chi connectivity index (χ2n) is 8.90. The average molecular weight is 487 g/mol. The highest BCUT2D eigenvalue weighted by atomic mass is 19.2. The summed E-state index contributed by atoms with van der Waals surface area (Å²) in [6, 6.07) is 23.0. The first-order valence-electron chi connectivity index (χ1n) is 12.1. The zero-order valence-electron chi connectivity index (χ0n) is 20.4. The first kappa shape index (κ1) is 25.3. The maximum Gasteiger partial charge on any atom is 0.167 e. The number of rotatable bonds is 10. The van der Waals surface area contributed by atoms with Crippen molar-refractivity contribution in [1.29, 1.82) is 0 Å². The maximum absolute atomic E-state index is 14.9. The van der Waals surface area contributed by atoms with Crippen molar-refractivity contribution in [3.63, 3.8) is 0 Å². The standard InChI is InChI=1S/C32H29F3O/c1-3-4-5-20-36-30-19-12-24(21-29(30)33)9-8-23-10-15-26(16-11-23)28-18-17-27(31(34)32(28)35)25-13-6-22(2)7-14-25/h3,6-7,10-19,21H,1,4-5,8-9,20H2,2H3. The number of benzene rings is 4. The van der Waals surface area contributed by atoms with E-state index in [-0.39, 0.29) is 22.7 Å². The highest BCUT2D eigenvalue weighted by Gasteiger charge is 2.16. The summed E-state index contributed by atoms with van der Waals surface area (Å²) < 4.78 is 49.6. The Hall–Kier alpha value is -3.79. The lowest BCUT2D eigenvalue weighted by molar-refractivity contribution is 0.296. The summed E-state index contributed by atoms with van der Waals surface area (Å²) in [4.78, 5) is 0. The van der Waals surface area contributed by atoms with Gasteiger partial charge in [0.25, 0.3) is 0 Å². The van der Waals surface area contributed by atoms with Crippen molar-refractivity contribution in [3.8, 4) is 28.0 Å². The van der Waals surface area contributed by atoms with Crippen LogP contribution in [0.25, 0.3) is 22.3 Å². The van der Waals surface area contributed by atoms with Crippen molar-refractivity contribution in [2.75, 3.05) is 6.61 Å². The maximum atomic E-state index is 14.9. The molecule has 0 atom stereocenters. The van der Waals surface area contributed by atoms with E-state index in [0.29, 0.717) is 30.6 Å². The monoisotopic (exact) mass is 486 g/mol. The quantitative estimate of drug-likeness (QED) is 0.161. The highest BCUT2D eigenvalue weighted by molar-refractivity contribution is 5.72. The van der Waals surface area contributed by atoms with Crippen LogP contribution in [0.15, 0.2) is 91.5 Å². The minimum Gasteiger partial charge on any atom is -0.491 e. The van der Waals surface area contributed by atoms with Gasteiger partial charge in [0.05, 0.1) is 6.61 Å². The van der Waals surface area contributed by atoms with Gasteiger partial charge in [-0.15, -0.1) is 6.58 Å². The molecular weight excluding hydrogens is 457 g/mol. The molecule has 0 unspecified atom stereocenters. The van der Waals surface area contributed by atoms with Crippen LogP contribution in [0.5, 0.6) is 5.75 Å². The summed E-state index contributed by atoms with van der Waals surface area (Å²) in [5.74, 6) is -1.82. The molecule has 0 heterocycles. The topological polar surface area (TPSA) is 9.23 Å². The van der Waals surface area contributed by atoms with Gasteiger partial charge in [-0.05, 0) is 67.0 Å². The van der Waals surface area contributed by atoms with Gasteiger partial charge in [-0.2, -0.15) is 0 Å². The summed E-state index contributed by atoms with van der Waals surface area (Å²) in [5, 5.41) is 0. The van der Waals surface area contributed by atoms with Crippen LogP contribution < -0.4 is 4.74 Å². The van der Waals surface area contributed by atoms with Crippen LogP contribution >= 0.6 is 0 Å². The molecule has 0 saturated heterocycles. The van der Waals surface area contributed by atoms with Crippen molar-refractivity contribution < 1.29 is 17.9 Å². The summed E-state index contributed by atoms with van der Waals surface area (Å²) in [5.41, 5.74) is 4.67. The van der Waals surface area contributed by atoms with Gasteiger partial charge in [0, 0.05) is 11.1 Å². The molecule has 0 fully saturated rings. The second-order valence-corrected chi connectivity index (χ2v) is 8.90. The smallest absolute Gasteiger partial charge is 0.167 e. The lowest BCUT2D eigenvalue weighted by Gasteiger charge is -2.11. The Balaban J connectivity index is 1.41. The van der Waals surface area contributed by atoms with Crippen LogP contribution in [-0.2, 0) is 12.8 Å². The third kappa shape index (κ3) is 6.06. The molecule has 0 saturated carbocycles. The van der Waals surface area contributed by atoms with Crippen LogP contribution in [0.1, 0.15) is 29.5 Å². The van der Waals surface area contributed by atoms with Crippen molar-refractivity contribution in [1.82, 2.24) is 0 Å². The molecule has 0 N–H and O–H groups in total. The molecule has 4 aromatic carbocycles. The number of allylic oxidation sites excluding steroid dienone is 1. The van der Waals surface area contributed by atoms with Crippen LogP contribution in [0.3, 0.4) is 0 Å². The molecule has 36 heavy (non-hydrogen) atoms. The lowest BCUT2D eigenvalue weighted by Crippen LogP contribution is -2.00. The normalized spacial score (nSPS) is 10.9. The summed E-state index contributed by atoms with van der Waals surface area (Å²) in [6.45, 7) is 6.06. The van der Waals surface area contributed by atoms with Gasteiger partial charge in [-0.25, -0.2) is 13.2 Å². The van der Waals surface area contributed by atoms with Crippen LogP contribution in [0.2, 0.25) is 0 Å². The molecule has 0 aliphatic carbocycles. The van der Waals surface area contributed by atoms with E-state index in [4.69, 9.17) is 4.74 Å². The van der Waals surface area contributed by atoms with E-state index in [1.54, 1.807) is 42.5 Å². The van der Waals surface area contributed by atoms with E-state index in [0.717, 1.165) is 29.5 Å². The van der Waals surface area contributed by atoms with Crippen molar-refractivity contribution >= 4 is 0 Å². The third-order valence-corrected chi connectivity index (χ3v) is 6.22. The molecule has 0 aromatic heterocycles. The molecule has 184 valence electrons. The van der Waals surface area contributed by atoms with Gasteiger partial charge in [0.15, 0.2) is 23.2 Å². The first-order valence-corrected chi connectivity index (χ1v) is 12.1. The van der Waals surface area contributed by atoms with Crippen LogP contribution in [-0.4, -0.2) is 6.61 Å². The van der Waals surface area contributed by atoms with Crippen molar-refractivity contribution in [3.05, 3.63) is 126 Å². The molecular formula is C32H29F3O. The van der Waals surface area contributed by atoms with Crippen LogP contribution in [0.4, 0.5) is 13.2 Å². The Labute approximate surface area is 210 Å². The lowest BCUT2D eigenvalue weighted by atomic mass is 9.97. The van der Waals surface area contributed by atoms with Crippen molar-refractivity contribution in [2.24, 2.45) is 0 Å². The third-order valence-electron chi connectivity index (χ3n) is 6.22. The predicted octanol–water partition coefficient (Wildman–Crippen LogP) is 8.88. The van der Waals surface area contributed by atoms with E-state index >= 15 is 0 Å². The van der Waals surface area contributed by atoms with Gasteiger partial charge in [-0.1, -0.05) is 78.4 Å². The highest BCUT2D eigenvalue weighted by Crippen LogP contribution is 2.32. The van der Waals surface area contributed by atoms with E-state index < -0.39 is 11.6 Å². The summed E-state index contributed by atoms with van der Waals surface area (Å²) in [7, 11) is 0. The van der Waals surface area contributed by atoms with Gasteiger partial charge >= 0.3 is 0 Å². The first-order chi connectivity index (χ1) is 17.5. The largest absolute Gasteiger partial charge is 0.491 e. The molecule has 0 amide bonds. The van der Waals surface area contributed by atoms with E-state index in [1.165, 1.54) is 6.07 Å². The predicted molar refractivity (Wildman–Crippen MR) is 141 cm³/mol. The molecule has 1 nitrogen and oxygen atoms in total. The zero-order valence-corrected chi connectivity index (χ0v) is 20.4. The van der Waals surface area contributed by atoms with Gasteiger partial charge in [-0.3, -0.25) is 0 Å². The number of unbranched alkanes of at least 4 members (excludes halogenated alkanes) is 1. The van der Waals surface area contributed by atoms with Gasteiger partial charge in [0.2, 0.25) is 0 Å². The van der Waals surface area contributed by atoms with Crippen molar-refractivity contribution in [2.45, 2.75) is 32.6 Å². The molecule has 0 aliphatic heterocycles. The fraction of sp³-hybridized carbons (Fsp3) is 0.188. The van der Waals surface area contributed by atoms with E-state index in [2.05, 4.69) is 6.58 Å². The average Bonchev–Trinajstić information content (AvgIpc) is 2.89. The van der Waals surface area contributed by atoms with Gasteiger partial charge in [0.1, 0.15) is 0 Å². The number of ether oxygens (including phenoxy) is 1. The molecule has 4 rings (SSSR count). The van der Waals surface area contributed by atoms with Crippen LogP contribution in [0, 0.1) is 24.4 Å². The fourth-order valence-electron chi connectivity index (χ4n) is 4.09. The number of halogens is 3. The molecule has 0 bridgehead atoms. The fourth-order valence-corrected chi connectivity index (χ4v) is 4.09. The molecule has 0 aliphatic rings. The Kier molecular flexibility index (Phi) is 8.27. The van der Waals surface area contributed by atoms with E-state index in [9.17, 15) is 13.2 Å². The summed E-state index contributed by atoms with van der Waals surface area (Å²) in [6.07, 6.45) is 4.79. The Morgan fingerprint density at radius 3 is 1.86 bits per heavy atom. The minimum absolute atomic E-state index is 0.223. The molecule has 4 aromatic rings. The summed E-state index contributed by atoms with van der Waals surface area (Å²) >= 11 is 0. The molecule has 0 radical (unpaired) electrons.